The molecule has 2 aromatic carbocycles. The number of unbranched alkanes of at least 4 members (excludes halogenated alkanes) is 2. The fourth-order valence-electron chi connectivity index (χ4n) is 3.77. The van der Waals surface area contributed by atoms with Gasteiger partial charge in [-0.15, -0.1) is 0 Å². The summed E-state index contributed by atoms with van der Waals surface area (Å²) in [5.41, 5.74) is 2.59. The molecule has 158 valence electrons. The van der Waals surface area contributed by atoms with E-state index in [0.29, 0.717) is 31.0 Å². The minimum Gasteiger partial charge on any atom is -0.287 e. The van der Waals surface area contributed by atoms with Crippen LogP contribution in [0.4, 0.5) is 0 Å². The Morgan fingerprint density at radius 3 is 1.47 bits per heavy atom. The van der Waals surface area contributed by atoms with Crippen LogP contribution in [0.25, 0.3) is 0 Å². The topological polar surface area (TPSA) is 40.6 Å². The average Bonchev–Trinajstić information content (AvgIpc) is 3.17. The molecule has 1 saturated heterocycles. The fourth-order valence-corrected chi connectivity index (χ4v) is 4.16. The van der Waals surface area contributed by atoms with Gasteiger partial charge in [-0.1, -0.05) is 60.7 Å². The molecular weight excluding hydrogens is 392 g/mol. The summed E-state index contributed by atoms with van der Waals surface area (Å²) < 4.78 is 0. The van der Waals surface area contributed by atoms with Gasteiger partial charge in [-0.2, -0.15) is 0 Å². The van der Waals surface area contributed by atoms with Crippen molar-refractivity contribution in [3.05, 3.63) is 71.8 Å². The van der Waals surface area contributed by atoms with Crippen LogP contribution in [0, 0.1) is 0 Å². The van der Waals surface area contributed by atoms with Crippen LogP contribution in [-0.4, -0.2) is 39.8 Å². The Bertz CT molecular complexity index is 769. The molecule has 4 nitrogen and oxygen atoms in total. The zero-order valence-electron chi connectivity index (χ0n) is 17.5. The Kier molecular flexibility index (Phi) is 8.57. The molecular formula is C25H30N2O2S. The Labute approximate surface area is 184 Å². The lowest BCUT2D eigenvalue weighted by molar-refractivity contribution is -0.127. The number of hydrogen-bond donors (Lipinski definition) is 0. The number of benzene rings is 2. The highest BCUT2D eigenvalue weighted by atomic mass is 32.1. The number of hydrogen-bond acceptors (Lipinski definition) is 3. The highest BCUT2D eigenvalue weighted by Gasteiger charge is 2.32. The smallest absolute Gasteiger partial charge is 0.228 e. The van der Waals surface area contributed by atoms with Gasteiger partial charge in [0.2, 0.25) is 11.8 Å². The maximum Gasteiger partial charge on any atom is 0.228 e. The van der Waals surface area contributed by atoms with E-state index in [1.165, 1.54) is 11.1 Å². The molecule has 0 aromatic heterocycles. The second-order valence-corrected chi connectivity index (χ2v) is 8.12. The Hall–Kier alpha value is -2.53. The van der Waals surface area contributed by atoms with Gasteiger partial charge in [-0.05, 0) is 61.9 Å². The molecule has 1 heterocycles. The molecule has 0 atom stereocenters. The van der Waals surface area contributed by atoms with E-state index in [0.717, 1.165) is 38.5 Å². The molecule has 0 spiro atoms. The molecule has 3 rings (SSSR count). The number of nitrogens with zero attached hydrogens (tertiary/aromatic N) is 2. The first-order chi connectivity index (χ1) is 14.6. The number of carbonyl (C=O) groups excluding carboxylic acids is 2. The molecule has 1 fully saturated rings. The van der Waals surface area contributed by atoms with Gasteiger partial charge in [0.05, 0.1) is 0 Å². The van der Waals surface area contributed by atoms with E-state index >= 15 is 0 Å². The third kappa shape index (κ3) is 6.49. The lowest BCUT2D eigenvalue weighted by Crippen LogP contribution is -2.38. The lowest BCUT2D eigenvalue weighted by Gasteiger charge is -2.19. The van der Waals surface area contributed by atoms with Crippen LogP contribution in [0.3, 0.4) is 0 Å². The van der Waals surface area contributed by atoms with Gasteiger partial charge < -0.3 is 0 Å². The van der Waals surface area contributed by atoms with Crippen molar-refractivity contribution < 1.29 is 9.59 Å². The van der Waals surface area contributed by atoms with Crippen molar-refractivity contribution >= 4 is 29.1 Å². The summed E-state index contributed by atoms with van der Waals surface area (Å²) in [5, 5.41) is 0.385. The summed E-state index contributed by atoms with van der Waals surface area (Å²) in [7, 11) is 0. The minimum atomic E-state index is 0.0347. The third-order valence-corrected chi connectivity index (χ3v) is 5.95. The predicted molar refractivity (Wildman–Crippen MR) is 124 cm³/mol. The molecule has 2 aromatic rings. The molecule has 1 aliphatic heterocycles. The summed E-state index contributed by atoms with van der Waals surface area (Å²) in [6, 6.07) is 20.6. The molecule has 5 heteroatoms. The summed E-state index contributed by atoms with van der Waals surface area (Å²) in [4.78, 5) is 28.3. The predicted octanol–water partition coefficient (Wildman–Crippen LogP) is 4.77. The number of thiocarbonyl (C=S) groups is 1. The van der Waals surface area contributed by atoms with E-state index in [1.807, 2.05) is 36.4 Å². The van der Waals surface area contributed by atoms with Crippen molar-refractivity contribution in [2.45, 2.75) is 51.4 Å². The molecule has 2 amide bonds. The fraction of sp³-hybridized carbons (Fsp3) is 0.400. The maximum absolute atomic E-state index is 12.6. The van der Waals surface area contributed by atoms with E-state index in [1.54, 1.807) is 9.80 Å². The molecule has 30 heavy (non-hydrogen) atoms. The molecule has 0 saturated carbocycles. The molecule has 0 aliphatic carbocycles. The van der Waals surface area contributed by atoms with E-state index in [9.17, 15) is 9.59 Å². The Morgan fingerprint density at radius 1 is 0.667 bits per heavy atom. The Balaban J connectivity index is 1.34. The van der Waals surface area contributed by atoms with E-state index in [4.69, 9.17) is 12.2 Å². The van der Waals surface area contributed by atoms with Gasteiger partial charge in [0.15, 0.2) is 5.11 Å². The quantitative estimate of drug-likeness (QED) is 0.409. The molecule has 0 bridgehead atoms. The first-order valence-electron chi connectivity index (χ1n) is 10.9. The number of rotatable bonds is 10. The second-order valence-electron chi connectivity index (χ2n) is 7.76. The van der Waals surface area contributed by atoms with Crippen molar-refractivity contribution in [2.24, 2.45) is 0 Å². The molecule has 0 radical (unpaired) electrons. The molecule has 0 N–H and O–H groups in total. The summed E-state index contributed by atoms with van der Waals surface area (Å²) in [6.45, 7) is 1.04. The summed E-state index contributed by atoms with van der Waals surface area (Å²) in [6.07, 6.45) is 6.53. The van der Waals surface area contributed by atoms with Crippen LogP contribution in [0.5, 0.6) is 0 Å². The molecule has 0 unspecified atom stereocenters. The van der Waals surface area contributed by atoms with Crippen LogP contribution in [0.2, 0.25) is 0 Å². The van der Waals surface area contributed by atoms with Gasteiger partial charge in [-0.25, -0.2) is 0 Å². The normalized spacial score (nSPS) is 13.7. The lowest BCUT2D eigenvalue weighted by atomic mass is 10.1. The van der Waals surface area contributed by atoms with Crippen molar-refractivity contribution in [1.29, 1.82) is 0 Å². The number of amides is 2. The van der Waals surface area contributed by atoms with Gasteiger partial charge in [0.1, 0.15) is 0 Å². The van der Waals surface area contributed by atoms with Crippen molar-refractivity contribution in [1.82, 2.24) is 9.80 Å². The summed E-state index contributed by atoms with van der Waals surface area (Å²) in [5.74, 6) is 0.0693. The molecule has 1 aliphatic rings. The van der Waals surface area contributed by atoms with Crippen LogP contribution < -0.4 is 0 Å². The highest BCUT2D eigenvalue weighted by Crippen LogP contribution is 2.16. The van der Waals surface area contributed by atoms with Crippen LogP contribution >= 0.6 is 12.2 Å². The average molecular weight is 423 g/mol. The number of carbonyl (C=O) groups is 2. The highest BCUT2D eigenvalue weighted by molar-refractivity contribution is 7.80. The van der Waals surface area contributed by atoms with E-state index < -0.39 is 0 Å². The largest absolute Gasteiger partial charge is 0.287 e. The summed E-state index contributed by atoms with van der Waals surface area (Å²) >= 11 is 5.44. The third-order valence-electron chi connectivity index (χ3n) is 5.51. The van der Waals surface area contributed by atoms with Crippen molar-refractivity contribution in [2.75, 3.05) is 13.1 Å². The van der Waals surface area contributed by atoms with Gasteiger partial charge in [0.25, 0.3) is 0 Å². The standard InChI is InChI=1S/C25H30N2O2S/c28-23(17-9-7-15-21-11-3-1-4-12-21)26-19-20-27(25(26)30)24(29)18-10-8-16-22-13-5-2-6-14-22/h1-6,11-14H,7-10,15-20H2. The SMILES string of the molecule is O=C(CCCCc1ccccc1)N1CCN(C(=O)CCCCc2ccccc2)C1=S. The first-order valence-corrected chi connectivity index (χ1v) is 11.3. The van der Waals surface area contributed by atoms with Crippen LogP contribution in [-0.2, 0) is 22.4 Å². The van der Waals surface area contributed by atoms with Crippen LogP contribution in [0.15, 0.2) is 60.7 Å². The van der Waals surface area contributed by atoms with E-state index in [2.05, 4.69) is 24.3 Å². The van der Waals surface area contributed by atoms with Gasteiger partial charge in [-0.3, -0.25) is 19.4 Å². The van der Waals surface area contributed by atoms with Gasteiger partial charge in [0, 0.05) is 25.9 Å². The second kappa shape index (κ2) is 11.6. The Morgan fingerprint density at radius 2 is 1.07 bits per heavy atom. The van der Waals surface area contributed by atoms with Crippen molar-refractivity contribution in [3.8, 4) is 0 Å². The first kappa shape index (κ1) is 22.2. The van der Waals surface area contributed by atoms with E-state index in [-0.39, 0.29) is 11.8 Å². The zero-order chi connectivity index (χ0) is 21.2. The maximum atomic E-state index is 12.6. The van der Waals surface area contributed by atoms with Crippen LogP contribution in [0.1, 0.15) is 49.7 Å². The number of aryl methyl sites for hydroxylation is 2. The van der Waals surface area contributed by atoms with Gasteiger partial charge >= 0.3 is 0 Å². The minimum absolute atomic E-state index is 0.0347. The van der Waals surface area contributed by atoms with Crippen molar-refractivity contribution in [3.63, 3.8) is 0 Å². The monoisotopic (exact) mass is 422 g/mol. The zero-order valence-corrected chi connectivity index (χ0v) is 18.3.